The Balaban J connectivity index is 0.00000228. The summed E-state index contributed by atoms with van der Waals surface area (Å²) >= 11 is 0. The number of pyridine rings is 1. The SMILES string of the molecule is Cc1ccccc1S(=O)(=O)Nc1ccc2nc(N3CCN(CCC#N)CC3)cc(C(=O)O)c2c1.Cl.Cl.Cl. The molecule has 2 N–H and O–H groups in total. The number of benzene rings is 2. The summed E-state index contributed by atoms with van der Waals surface area (Å²) in [6, 6.07) is 15.1. The Hall–Kier alpha value is -2.81. The van der Waals surface area contributed by atoms with Gasteiger partial charge in [0.1, 0.15) is 5.82 Å². The van der Waals surface area contributed by atoms with Crippen LogP contribution in [0.4, 0.5) is 11.5 Å². The molecule has 0 atom stereocenters. The van der Waals surface area contributed by atoms with E-state index in [-0.39, 0.29) is 53.4 Å². The minimum absolute atomic E-state index is 0. The molecule has 2 aromatic carbocycles. The van der Waals surface area contributed by atoms with Gasteiger partial charge in [-0.1, -0.05) is 18.2 Å². The van der Waals surface area contributed by atoms with Crippen LogP contribution in [-0.4, -0.2) is 62.1 Å². The topological polar surface area (TPSA) is 127 Å². The molecule has 0 bridgehead atoms. The Kier molecular flexibility index (Phi) is 11.9. The first-order valence-corrected chi connectivity index (χ1v) is 12.4. The van der Waals surface area contributed by atoms with Crippen LogP contribution in [0.5, 0.6) is 0 Å². The van der Waals surface area contributed by atoms with E-state index in [2.05, 4.69) is 20.7 Å². The Labute approximate surface area is 234 Å². The number of nitrogens with zero attached hydrogens (tertiary/aromatic N) is 4. The number of aromatic nitrogens is 1. The van der Waals surface area contributed by atoms with E-state index in [4.69, 9.17) is 5.26 Å². The molecular weight excluding hydrogens is 561 g/mol. The van der Waals surface area contributed by atoms with Gasteiger partial charge in [-0.15, -0.1) is 37.2 Å². The quantitative estimate of drug-likeness (QED) is 0.417. The van der Waals surface area contributed by atoms with Crippen LogP contribution >= 0.6 is 37.2 Å². The molecular formula is C24H28Cl3N5O4S. The molecule has 1 saturated heterocycles. The van der Waals surface area contributed by atoms with Crippen LogP contribution in [0.25, 0.3) is 10.9 Å². The summed E-state index contributed by atoms with van der Waals surface area (Å²) in [5, 5.41) is 19.0. The number of nitrogens with one attached hydrogen (secondary N) is 1. The van der Waals surface area contributed by atoms with E-state index in [9.17, 15) is 18.3 Å². The third-order valence-corrected chi connectivity index (χ3v) is 7.44. The summed E-state index contributed by atoms with van der Waals surface area (Å²) in [6.45, 7) is 5.32. The molecule has 2 heterocycles. The predicted molar refractivity (Wildman–Crippen MR) is 151 cm³/mol. The number of carboxylic acid groups (broad SMARTS) is 1. The maximum Gasteiger partial charge on any atom is 0.336 e. The van der Waals surface area contributed by atoms with Crippen LogP contribution in [0, 0.1) is 18.3 Å². The van der Waals surface area contributed by atoms with Crippen molar-refractivity contribution in [2.45, 2.75) is 18.2 Å². The Morgan fingerprint density at radius 1 is 1.08 bits per heavy atom. The fourth-order valence-electron chi connectivity index (χ4n) is 4.09. The minimum Gasteiger partial charge on any atom is -0.478 e. The average Bonchev–Trinajstić information content (AvgIpc) is 2.82. The first-order valence-electron chi connectivity index (χ1n) is 10.9. The van der Waals surface area contributed by atoms with Crippen LogP contribution in [0.3, 0.4) is 0 Å². The molecule has 13 heteroatoms. The lowest BCUT2D eigenvalue weighted by molar-refractivity contribution is 0.0699. The fraction of sp³-hybridized carbons (Fsp3) is 0.292. The van der Waals surface area contributed by atoms with Crippen LogP contribution in [0.2, 0.25) is 0 Å². The maximum atomic E-state index is 12.9. The zero-order chi connectivity index (χ0) is 24.3. The summed E-state index contributed by atoms with van der Waals surface area (Å²) in [4.78, 5) is 21.1. The van der Waals surface area contributed by atoms with Gasteiger partial charge in [-0.3, -0.25) is 9.62 Å². The number of aromatic carboxylic acids is 1. The molecule has 1 aliphatic rings. The van der Waals surface area contributed by atoms with Crippen molar-refractivity contribution in [2.24, 2.45) is 0 Å². The van der Waals surface area contributed by atoms with Crippen LogP contribution in [0.1, 0.15) is 22.3 Å². The molecule has 1 aliphatic heterocycles. The Morgan fingerprint density at radius 2 is 1.76 bits per heavy atom. The van der Waals surface area contributed by atoms with Gasteiger partial charge in [0.2, 0.25) is 0 Å². The van der Waals surface area contributed by atoms with Crippen molar-refractivity contribution in [3.8, 4) is 6.07 Å². The highest BCUT2D eigenvalue weighted by molar-refractivity contribution is 7.92. The molecule has 4 rings (SSSR count). The van der Waals surface area contributed by atoms with Crippen molar-refractivity contribution >= 4 is 75.6 Å². The predicted octanol–water partition coefficient (Wildman–Crippen LogP) is 4.34. The molecule has 0 saturated carbocycles. The van der Waals surface area contributed by atoms with E-state index in [1.165, 1.54) is 18.2 Å². The molecule has 1 fully saturated rings. The number of rotatable bonds is 7. The third-order valence-electron chi connectivity index (χ3n) is 5.90. The third kappa shape index (κ3) is 7.37. The second kappa shape index (κ2) is 13.7. The van der Waals surface area contributed by atoms with Crippen molar-refractivity contribution in [3.63, 3.8) is 0 Å². The maximum absolute atomic E-state index is 12.9. The van der Waals surface area contributed by atoms with Crippen LogP contribution < -0.4 is 9.62 Å². The van der Waals surface area contributed by atoms with E-state index in [1.54, 1.807) is 37.3 Å². The second-order valence-corrected chi connectivity index (χ2v) is 9.82. The highest BCUT2D eigenvalue weighted by Gasteiger charge is 2.22. The van der Waals surface area contributed by atoms with Gasteiger partial charge in [0.05, 0.1) is 22.0 Å². The number of hydrogen-bond acceptors (Lipinski definition) is 7. The lowest BCUT2D eigenvalue weighted by Crippen LogP contribution is -2.46. The molecule has 0 aliphatic carbocycles. The van der Waals surface area contributed by atoms with Gasteiger partial charge >= 0.3 is 5.97 Å². The highest BCUT2D eigenvalue weighted by atomic mass is 35.5. The van der Waals surface area contributed by atoms with Gasteiger partial charge in [0, 0.05) is 50.2 Å². The zero-order valence-corrected chi connectivity index (χ0v) is 23.2. The van der Waals surface area contributed by atoms with Gasteiger partial charge in [-0.05, 0) is 42.8 Å². The first-order chi connectivity index (χ1) is 16.3. The number of nitriles is 1. The monoisotopic (exact) mass is 587 g/mol. The van der Waals surface area contributed by atoms with E-state index in [1.807, 2.05) is 4.90 Å². The van der Waals surface area contributed by atoms with E-state index >= 15 is 0 Å². The first kappa shape index (κ1) is 32.2. The Morgan fingerprint density at radius 3 is 2.38 bits per heavy atom. The molecule has 9 nitrogen and oxygen atoms in total. The summed E-state index contributed by atoms with van der Waals surface area (Å²) in [5.41, 5.74) is 1.41. The van der Waals surface area contributed by atoms with Crippen LogP contribution in [0.15, 0.2) is 53.4 Å². The highest BCUT2D eigenvalue weighted by Crippen LogP contribution is 2.28. The number of aryl methyl sites for hydroxylation is 1. The summed E-state index contributed by atoms with van der Waals surface area (Å²) in [5.74, 6) is -0.543. The standard InChI is InChI=1S/C24H25N5O4S.3ClH/c1-17-5-2-3-6-22(17)34(32,33)27-18-7-8-21-19(15-18)20(24(30)31)16-23(26-21)29-13-11-28(12-14-29)10-4-9-25;;;/h2-3,5-8,15-16,27H,4,10-14H2,1H3,(H,30,31);3*1H. The number of halogens is 3. The number of sulfonamides is 1. The average molecular weight is 589 g/mol. The fourth-order valence-corrected chi connectivity index (χ4v) is 5.39. The lowest BCUT2D eigenvalue weighted by atomic mass is 10.1. The van der Waals surface area contributed by atoms with E-state index in [0.29, 0.717) is 41.8 Å². The normalized spacial score (nSPS) is 13.5. The van der Waals surface area contributed by atoms with Gasteiger partial charge < -0.3 is 10.0 Å². The number of hydrogen-bond donors (Lipinski definition) is 2. The van der Waals surface area contributed by atoms with Crippen molar-refractivity contribution in [3.05, 3.63) is 59.7 Å². The molecule has 0 radical (unpaired) electrons. The number of fused-ring (bicyclic) bond motifs is 1. The smallest absolute Gasteiger partial charge is 0.336 e. The number of piperazine rings is 1. The Bertz CT molecular complexity index is 1390. The van der Waals surface area contributed by atoms with E-state index < -0.39 is 16.0 Å². The molecule has 1 aromatic heterocycles. The summed E-state index contributed by atoms with van der Waals surface area (Å²) in [7, 11) is -3.83. The molecule has 200 valence electrons. The van der Waals surface area contributed by atoms with Gasteiger partial charge in [0.15, 0.2) is 0 Å². The molecule has 0 spiro atoms. The van der Waals surface area contributed by atoms with Crippen molar-refractivity contribution in [1.82, 2.24) is 9.88 Å². The van der Waals surface area contributed by atoms with Crippen molar-refractivity contribution in [2.75, 3.05) is 42.3 Å². The number of carbonyl (C=O) groups is 1. The number of carboxylic acids is 1. The molecule has 37 heavy (non-hydrogen) atoms. The summed E-state index contributed by atoms with van der Waals surface area (Å²) < 4.78 is 28.3. The van der Waals surface area contributed by atoms with Gasteiger partial charge in [-0.2, -0.15) is 5.26 Å². The second-order valence-electron chi connectivity index (χ2n) is 8.17. The van der Waals surface area contributed by atoms with E-state index in [0.717, 1.165) is 19.6 Å². The minimum atomic E-state index is -3.83. The molecule has 3 aromatic rings. The van der Waals surface area contributed by atoms with Crippen molar-refractivity contribution in [1.29, 1.82) is 5.26 Å². The van der Waals surface area contributed by atoms with Crippen LogP contribution in [-0.2, 0) is 10.0 Å². The molecule has 0 unspecified atom stereocenters. The van der Waals surface area contributed by atoms with Crippen molar-refractivity contribution < 1.29 is 18.3 Å². The van der Waals surface area contributed by atoms with Gasteiger partial charge in [-0.25, -0.2) is 18.2 Å². The summed E-state index contributed by atoms with van der Waals surface area (Å²) in [6.07, 6.45) is 0.479. The van der Waals surface area contributed by atoms with Gasteiger partial charge in [0.25, 0.3) is 10.0 Å². The zero-order valence-electron chi connectivity index (χ0n) is 20.0. The molecule has 0 amide bonds. The number of anilines is 2. The lowest BCUT2D eigenvalue weighted by Gasteiger charge is -2.35. The largest absolute Gasteiger partial charge is 0.478 e.